The largest absolute Gasteiger partial charge is 0.468 e. The van der Waals surface area contributed by atoms with Gasteiger partial charge in [-0.3, -0.25) is 0 Å². The second-order valence-electron chi connectivity index (χ2n) is 2.17. The summed E-state index contributed by atoms with van der Waals surface area (Å²) in [7, 11) is 1.61. The summed E-state index contributed by atoms with van der Waals surface area (Å²) in [5, 5.41) is 2.66. The summed E-state index contributed by atoms with van der Waals surface area (Å²) in [5.74, 6) is -1.20. The smallest absolute Gasteiger partial charge is 0.441 e. The Balaban J connectivity index is 2.77. The minimum atomic E-state index is -4.49. The van der Waals surface area contributed by atoms with Crippen LogP contribution < -0.4 is 5.32 Å². The fraction of sp³-hybridized carbons (Fsp3) is 0.500. The molecule has 1 rings (SSSR count). The highest BCUT2D eigenvalue weighted by Gasteiger charge is 2.36. The molecule has 0 saturated heterocycles. The SMILES string of the molecule is CNCc1coc(C(F)(F)F)n1. The first-order valence-corrected chi connectivity index (χ1v) is 3.20. The van der Waals surface area contributed by atoms with Gasteiger partial charge in [-0.15, -0.1) is 0 Å². The Morgan fingerprint density at radius 3 is 2.67 bits per heavy atom. The number of aromatic nitrogens is 1. The van der Waals surface area contributed by atoms with Gasteiger partial charge in [0.25, 0.3) is 0 Å². The Morgan fingerprint density at radius 1 is 1.58 bits per heavy atom. The third-order valence-corrected chi connectivity index (χ3v) is 1.15. The number of halogens is 3. The van der Waals surface area contributed by atoms with Crippen molar-refractivity contribution in [1.82, 2.24) is 10.3 Å². The van der Waals surface area contributed by atoms with Crippen LogP contribution in [0.15, 0.2) is 10.7 Å². The molecule has 0 spiro atoms. The van der Waals surface area contributed by atoms with E-state index in [-0.39, 0.29) is 12.2 Å². The maximum atomic E-state index is 11.9. The molecule has 0 fully saturated rings. The maximum Gasteiger partial charge on any atom is 0.468 e. The van der Waals surface area contributed by atoms with Crippen LogP contribution in [0.2, 0.25) is 0 Å². The molecule has 1 N–H and O–H groups in total. The summed E-state index contributed by atoms with van der Waals surface area (Å²) in [6, 6.07) is 0. The summed E-state index contributed by atoms with van der Waals surface area (Å²) < 4.78 is 39.8. The molecule has 0 aliphatic heterocycles. The lowest BCUT2D eigenvalue weighted by Crippen LogP contribution is -2.08. The van der Waals surface area contributed by atoms with Crippen LogP contribution in [-0.2, 0) is 12.7 Å². The molecule has 0 unspecified atom stereocenters. The van der Waals surface area contributed by atoms with Gasteiger partial charge in [0.1, 0.15) is 6.26 Å². The van der Waals surface area contributed by atoms with E-state index in [1.807, 2.05) is 0 Å². The molecule has 1 aromatic rings. The zero-order valence-corrected chi connectivity index (χ0v) is 6.27. The molecular weight excluding hydrogens is 173 g/mol. The van der Waals surface area contributed by atoms with E-state index in [0.29, 0.717) is 0 Å². The Hall–Kier alpha value is -1.04. The van der Waals surface area contributed by atoms with Gasteiger partial charge in [-0.1, -0.05) is 0 Å². The second-order valence-corrected chi connectivity index (χ2v) is 2.17. The van der Waals surface area contributed by atoms with Gasteiger partial charge in [-0.25, -0.2) is 4.98 Å². The average molecular weight is 180 g/mol. The lowest BCUT2D eigenvalue weighted by molar-refractivity contribution is -0.157. The average Bonchev–Trinajstić information content (AvgIpc) is 2.35. The fourth-order valence-electron chi connectivity index (χ4n) is 0.699. The summed E-state index contributed by atoms with van der Waals surface area (Å²) in [4.78, 5) is 3.22. The first-order chi connectivity index (χ1) is 5.54. The van der Waals surface area contributed by atoms with Crippen molar-refractivity contribution in [1.29, 1.82) is 0 Å². The van der Waals surface area contributed by atoms with Gasteiger partial charge in [0.2, 0.25) is 0 Å². The predicted molar refractivity (Wildman–Crippen MR) is 34.3 cm³/mol. The summed E-state index contributed by atoms with van der Waals surface area (Å²) in [6.07, 6.45) is -3.51. The molecule has 12 heavy (non-hydrogen) atoms. The Bertz CT molecular complexity index is 256. The quantitative estimate of drug-likeness (QED) is 0.747. The highest BCUT2D eigenvalue weighted by molar-refractivity contribution is 4.98. The summed E-state index contributed by atoms with van der Waals surface area (Å²) in [5.41, 5.74) is 0.241. The number of oxazole rings is 1. The van der Waals surface area contributed by atoms with Crippen LogP contribution in [0.1, 0.15) is 11.6 Å². The van der Waals surface area contributed by atoms with Crippen LogP contribution in [0.4, 0.5) is 13.2 Å². The number of alkyl halides is 3. The highest BCUT2D eigenvalue weighted by Crippen LogP contribution is 2.27. The molecule has 1 aromatic heterocycles. The van der Waals surface area contributed by atoms with Gasteiger partial charge in [-0.05, 0) is 7.05 Å². The van der Waals surface area contributed by atoms with Crippen molar-refractivity contribution in [3.63, 3.8) is 0 Å². The third kappa shape index (κ3) is 1.97. The van der Waals surface area contributed by atoms with E-state index in [2.05, 4.69) is 14.7 Å². The van der Waals surface area contributed by atoms with Gasteiger partial charge >= 0.3 is 12.1 Å². The van der Waals surface area contributed by atoms with Crippen LogP contribution in [0.25, 0.3) is 0 Å². The van der Waals surface area contributed by atoms with E-state index in [1.54, 1.807) is 7.05 Å². The molecule has 1 heterocycles. The zero-order valence-electron chi connectivity index (χ0n) is 6.27. The van der Waals surface area contributed by atoms with Gasteiger partial charge in [0.05, 0.1) is 5.69 Å². The molecule has 0 atom stereocenters. The number of rotatable bonds is 2. The molecule has 6 heteroatoms. The van der Waals surface area contributed by atoms with Crippen LogP contribution in [0, 0.1) is 0 Å². The lowest BCUT2D eigenvalue weighted by Gasteiger charge is -1.97. The second kappa shape index (κ2) is 3.14. The van der Waals surface area contributed by atoms with Crippen LogP contribution in [0.3, 0.4) is 0 Å². The number of hydrogen-bond donors (Lipinski definition) is 1. The monoisotopic (exact) mass is 180 g/mol. The molecule has 68 valence electrons. The number of hydrogen-bond acceptors (Lipinski definition) is 3. The van der Waals surface area contributed by atoms with E-state index in [4.69, 9.17) is 0 Å². The minimum absolute atomic E-state index is 0.241. The van der Waals surface area contributed by atoms with Gasteiger partial charge in [0, 0.05) is 6.54 Å². The Kier molecular flexibility index (Phi) is 2.37. The minimum Gasteiger partial charge on any atom is -0.441 e. The van der Waals surface area contributed by atoms with Crippen molar-refractivity contribution in [3.8, 4) is 0 Å². The Labute approximate surface area is 66.6 Å². The van der Waals surface area contributed by atoms with Crippen LogP contribution in [-0.4, -0.2) is 12.0 Å². The van der Waals surface area contributed by atoms with Crippen LogP contribution >= 0.6 is 0 Å². The fourth-order valence-corrected chi connectivity index (χ4v) is 0.699. The highest BCUT2D eigenvalue weighted by atomic mass is 19.4. The standard InChI is InChI=1S/C6H7F3N2O/c1-10-2-4-3-12-5(11-4)6(7,8)9/h3,10H,2H2,1H3. The predicted octanol–water partition coefficient (Wildman–Crippen LogP) is 1.41. The van der Waals surface area contributed by atoms with Gasteiger partial charge in [0.15, 0.2) is 0 Å². The van der Waals surface area contributed by atoms with Crippen molar-refractivity contribution in [2.45, 2.75) is 12.7 Å². The lowest BCUT2D eigenvalue weighted by atomic mass is 10.5. The summed E-state index contributed by atoms with van der Waals surface area (Å²) >= 11 is 0. The van der Waals surface area contributed by atoms with E-state index in [9.17, 15) is 13.2 Å². The molecular formula is C6H7F3N2O. The van der Waals surface area contributed by atoms with E-state index in [1.165, 1.54) is 0 Å². The first kappa shape index (κ1) is 9.05. The number of nitrogens with one attached hydrogen (secondary N) is 1. The zero-order chi connectivity index (χ0) is 9.19. The number of nitrogens with zero attached hydrogens (tertiary/aromatic N) is 1. The molecule has 0 aliphatic rings. The Morgan fingerprint density at radius 2 is 2.25 bits per heavy atom. The molecule has 0 saturated carbocycles. The van der Waals surface area contributed by atoms with Crippen molar-refractivity contribution >= 4 is 0 Å². The maximum absolute atomic E-state index is 11.9. The molecule has 0 radical (unpaired) electrons. The first-order valence-electron chi connectivity index (χ1n) is 3.20. The van der Waals surface area contributed by atoms with Crippen molar-refractivity contribution in [3.05, 3.63) is 17.8 Å². The van der Waals surface area contributed by atoms with E-state index < -0.39 is 12.1 Å². The third-order valence-electron chi connectivity index (χ3n) is 1.15. The molecule has 0 aliphatic carbocycles. The van der Waals surface area contributed by atoms with Gasteiger partial charge in [-0.2, -0.15) is 13.2 Å². The topological polar surface area (TPSA) is 38.1 Å². The van der Waals surface area contributed by atoms with E-state index >= 15 is 0 Å². The van der Waals surface area contributed by atoms with Crippen molar-refractivity contribution in [2.75, 3.05) is 7.05 Å². The van der Waals surface area contributed by atoms with Crippen LogP contribution in [0.5, 0.6) is 0 Å². The normalized spacial score (nSPS) is 12.0. The molecule has 3 nitrogen and oxygen atoms in total. The molecule has 0 amide bonds. The van der Waals surface area contributed by atoms with E-state index in [0.717, 1.165) is 6.26 Å². The molecule has 0 bridgehead atoms. The summed E-state index contributed by atoms with van der Waals surface area (Å²) in [6.45, 7) is 0.263. The van der Waals surface area contributed by atoms with Crippen molar-refractivity contribution in [2.24, 2.45) is 0 Å². The molecule has 0 aromatic carbocycles. The van der Waals surface area contributed by atoms with Crippen molar-refractivity contribution < 1.29 is 17.6 Å². The van der Waals surface area contributed by atoms with Gasteiger partial charge < -0.3 is 9.73 Å².